The molecule has 1 aromatic heterocycles. The van der Waals surface area contributed by atoms with Crippen LogP contribution in [-0.2, 0) is 5.41 Å². The minimum Gasteiger partial charge on any atom is -0.323 e. The molecule has 0 radical (unpaired) electrons. The molecule has 0 saturated carbocycles. The van der Waals surface area contributed by atoms with Gasteiger partial charge in [-0.05, 0) is 28.7 Å². The summed E-state index contributed by atoms with van der Waals surface area (Å²) in [5, 5.41) is 4.23. The highest BCUT2D eigenvalue weighted by atomic mass is 15.3. The molecule has 0 unspecified atom stereocenters. The molecule has 0 aliphatic rings. The van der Waals surface area contributed by atoms with Crippen LogP contribution < -0.4 is 5.43 Å². The van der Waals surface area contributed by atoms with Crippen molar-refractivity contribution in [2.24, 2.45) is 5.10 Å². The molecule has 2 aromatic carbocycles. The van der Waals surface area contributed by atoms with Crippen molar-refractivity contribution in [2.45, 2.75) is 26.2 Å². The first-order valence-corrected chi connectivity index (χ1v) is 7.37. The van der Waals surface area contributed by atoms with Gasteiger partial charge in [0, 0.05) is 0 Å². The third-order valence-corrected chi connectivity index (χ3v) is 3.55. The molecule has 4 heteroatoms. The van der Waals surface area contributed by atoms with Crippen LogP contribution in [0.4, 0.5) is 5.95 Å². The van der Waals surface area contributed by atoms with E-state index in [1.54, 1.807) is 6.21 Å². The molecule has 4 nitrogen and oxygen atoms in total. The first-order valence-electron chi connectivity index (χ1n) is 7.37. The maximum Gasteiger partial charge on any atom is 0.222 e. The van der Waals surface area contributed by atoms with Crippen LogP contribution in [0, 0.1) is 0 Å². The molecule has 0 saturated heterocycles. The van der Waals surface area contributed by atoms with Gasteiger partial charge in [0.05, 0.1) is 17.2 Å². The summed E-state index contributed by atoms with van der Waals surface area (Å²) in [7, 11) is 0. The van der Waals surface area contributed by atoms with Crippen LogP contribution in [0.1, 0.15) is 31.9 Å². The predicted octanol–water partition coefficient (Wildman–Crippen LogP) is 4.31. The Hall–Kier alpha value is -2.62. The van der Waals surface area contributed by atoms with Gasteiger partial charge in [0.15, 0.2) is 0 Å². The molecule has 1 heterocycles. The van der Waals surface area contributed by atoms with E-state index in [0.717, 1.165) is 16.6 Å². The van der Waals surface area contributed by atoms with Crippen LogP contribution in [0.15, 0.2) is 53.6 Å². The maximum absolute atomic E-state index is 4.41. The fourth-order valence-electron chi connectivity index (χ4n) is 2.24. The van der Waals surface area contributed by atoms with Gasteiger partial charge in [0.25, 0.3) is 0 Å². The number of nitrogens with zero attached hydrogens (tertiary/aromatic N) is 2. The van der Waals surface area contributed by atoms with Crippen molar-refractivity contribution < 1.29 is 0 Å². The van der Waals surface area contributed by atoms with Crippen molar-refractivity contribution >= 4 is 23.2 Å². The van der Waals surface area contributed by atoms with Gasteiger partial charge >= 0.3 is 0 Å². The Labute approximate surface area is 130 Å². The Balaban J connectivity index is 1.69. The van der Waals surface area contributed by atoms with E-state index < -0.39 is 0 Å². The van der Waals surface area contributed by atoms with Gasteiger partial charge in [-0.25, -0.2) is 10.4 Å². The number of benzene rings is 2. The van der Waals surface area contributed by atoms with Crippen LogP contribution in [0.25, 0.3) is 11.0 Å². The monoisotopic (exact) mass is 292 g/mol. The third kappa shape index (κ3) is 3.17. The normalized spacial score (nSPS) is 12.1. The van der Waals surface area contributed by atoms with E-state index in [2.05, 4.69) is 65.5 Å². The second-order valence-electron chi connectivity index (χ2n) is 6.34. The minimum atomic E-state index is 0.169. The number of hydrogen-bond donors (Lipinski definition) is 2. The smallest absolute Gasteiger partial charge is 0.222 e. The Bertz CT molecular complexity index is 759. The van der Waals surface area contributed by atoms with Crippen LogP contribution in [-0.4, -0.2) is 16.2 Å². The molecule has 0 amide bonds. The first-order chi connectivity index (χ1) is 10.5. The minimum absolute atomic E-state index is 0.169. The van der Waals surface area contributed by atoms with E-state index in [1.165, 1.54) is 5.56 Å². The van der Waals surface area contributed by atoms with Gasteiger partial charge < -0.3 is 4.98 Å². The zero-order valence-electron chi connectivity index (χ0n) is 13.1. The highest BCUT2D eigenvalue weighted by Crippen LogP contribution is 2.21. The zero-order valence-corrected chi connectivity index (χ0v) is 13.1. The molecule has 0 aliphatic carbocycles. The van der Waals surface area contributed by atoms with Crippen LogP contribution in [0.5, 0.6) is 0 Å². The SMILES string of the molecule is CC(C)(C)c1ccc(/C=N\Nc2nc3ccccc3[nH]2)cc1. The second-order valence-corrected chi connectivity index (χ2v) is 6.34. The van der Waals surface area contributed by atoms with Gasteiger partial charge in [-0.15, -0.1) is 0 Å². The summed E-state index contributed by atoms with van der Waals surface area (Å²) in [6.07, 6.45) is 1.79. The van der Waals surface area contributed by atoms with E-state index in [4.69, 9.17) is 0 Å². The lowest BCUT2D eigenvalue weighted by Crippen LogP contribution is -2.10. The maximum atomic E-state index is 4.41. The summed E-state index contributed by atoms with van der Waals surface area (Å²) in [6.45, 7) is 6.62. The highest BCUT2D eigenvalue weighted by Gasteiger charge is 2.12. The first kappa shape index (κ1) is 14.3. The number of nitrogens with one attached hydrogen (secondary N) is 2. The molecule has 0 bridgehead atoms. The molecule has 0 spiro atoms. The fourth-order valence-corrected chi connectivity index (χ4v) is 2.24. The number of para-hydroxylation sites is 2. The van der Waals surface area contributed by atoms with Crippen LogP contribution >= 0.6 is 0 Å². The predicted molar refractivity (Wildman–Crippen MR) is 92.5 cm³/mol. The quantitative estimate of drug-likeness (QED) is 0.558. The number of hydrogen-bond acceptors (Lipinski definition) is 3. The summed E-state index contributed by atoms with van der Waals surface area (Å²) in [4.78, 5) is 7.58. The van der Waals surface area contributed by atoms with Gasteiger partial charge in [-0.1, -0.05) is 57.2 Å². The highest BCUT2D eigenvalue weighted by molar-refractivity contribution is 5.81. The summed E-state index contributed by atoms with van der Waals surface area (Å²) in [5.74, 6) is 0.642. The average molecular weight is 292 g/mol. The summed E-state index contributed by atoms with van der Waals surface area (Å²) < 4.78 is 0. The molecule has 0 atom stereocenters. The molecule has 112 valence electrons. The van der Waals surface area contributed by atoms with Crippen molar-refractivity contribution in [2.75, 3.05) is 5.43 Å². The van der Waals surface area contributed by atoms with E-state index in [9.17, 15) is 0 Å². The molecule has 0 aliphatic heterocycles. The molecule has 3 rings (SSSR count). The van der Waals surface area contributed by atoms with E-state index >= 15 is 0 Å². The summed E-state index contributed by atoms with van der Waals surface area (Å²) >= 11 is 0. The van der Waals surface area contributed by atoms with E-state index in [-0.39, 0.29) is 5.41 Å². The van der Waals surface area contributed by atoms with Crippen LogP contribution in [0.3, 0.4) is 0 Å². The second kappa shape index (κ2) is 5.64. The number of H-pyrrole nitrogens is 1. The zero-order chi connectivity index (χ0) is 15.6. The lowest BCUT2D eigenvalue weighted by molar-refractivity contribution is 0.590. The molecule has 2 N–H and O–H groups in total. The molecule has 3 aromatic rings. The Morgan fingerprint density at radius 2 is 1.77 bits per heavy atom. The Kier molecular flexibility index (Phi) is 3.67. The third-order valence-electron chi connectivity index (χ3n) is 3.55. The Morgan fingerprint density at radius 1 is 1.05 bits per heavy atom. The van der Waals surface area contributed by atoms with E-state index in [0.29, 0.717) is 5.95 Å². The lowest BCUT2D eigenvalue weighted by atomic mass is 9.87. The van der Waals surface area contributed by atoms with Gasteiger partial charge in [0.2, 0.25) is 5.95 Å². The largest absolute Gasteiger partial charge is 0.323 e. The molecule has 0 fully saturated rings. The standard InChI is InChI=1S/C18H20N4/c1-18(2,3)14-10-8-13(9-11-14)12-19-22-17-20-15-6-4-5-7-16(15)21-17/h4-12H,1-3H3,(H2,20,21,22)/b19-12-. The van der Waals surface area contributed by atoms with Gasteiger partial charge in [-0.3, -0.25) is 0 Å². The number of anilines is 1. The van der Waals surface area contributed by atoms with Crippen molar-refractivity contribution in [1.29, 1.82) is 0 Å². The Morgan fingerprint density at radius 3 is 2.45 bits per heavy atom. The van der Waals surface area contributed by atoms with Gasteiger partial charge in [0.1, 0.15) is 0 Å². The number of fused-ring (bicyclic) bond motifs is 1. The molecular weight excluding hydrogens is 272 g/mol. The van der Waals surface area contributed by atoms with Gasteiger partial charge in [-0.2, -0.15) is 5.10 Å². The number of imidazole rings is 1. The topological polar surface area (TPSA) is 53.1 Å². The van der Waals surface area contributed by atoms with Crippen molar-refractivity contribution in [3.63, 3.8) is 0 Å². The number of aromatic nitrogens is 2. The number of hydrazone groups is 1. The average Bonchev–Trinajstić information content (AvgIpc) is 2.89. The number of rotatable bonds is 3. The van der Waals surface area contributed by atoms with E-state index in [1.807, 2.05) is 24.3 Å². The number of aromatic amines is 1. The van der Waals surface area contributed by atoms with Crippen molar-refractivity contribution in [3.8, 4) is 0 Å². The summed E-state index contributed by atoms with van der Waals surface area (Å²) in [6, 6.07) is 16.3. The van der Waals surface area contributed by atoms with Crippen molar-refractivity contribution in [1.82, 2.24) is 9.97 Å². The molecular formula is C18H20N4. The van der Waals surface area contributed by atoms with Crippen molar-refractivity contribution in [3.05, 3.63) is 59.7 Å². The fraction of sp³-hybridized carbons (Fsp3) is 0.222. The summed E-state index contributed by atoms with van der Waals surface area (Å²) in [5.41, 5.74) is 7.39. The van der Waals surface area contributed by atoms with Crippen LogP contribution in [0.2, 0.25) is 0 Å². The molecule has 22 heavy (non-hydrogen) atoms. The lowest BCUT2D eigenvalue weighted by Gasteiger charge is -2.18.